The topological polar surface area (TPSA) is 78.2 Å². The number of thioether (sulfide) groups is 1. The zero-order valence-electron chi connectivity index (χ0n) is 11.1. The van der Waals surface area contributed by atoms with Crippen LogP contribution in [0, 0.1) is 11.3 Å². The average molecular weight is 319 g/mol. The number of nitrogens with zero attached hydrogens (tertiary/aromatic N) is 1. The van der Waals surface area contributed by atoms with Gasteiger partial charge in [-0.3, -0.25) is 0 Å². The molecule has 0 radical (unpaired) electrons. The summed E-state index contributed by atoms with van der Waals surface area (Å²) < 4.78 is 24.4. The molecule has 0 heterocycles. The lowest BCUT2D eigenvalue weighted by Gasteiger charge is -2.06. The predicted molar refractivity (Wildman–Crippen MR) is 82.0 cm³/mol. The summed E-state index contributed by atoms with van der Waals surface area (Å²) in [5.74, 6) is 0.420. The largest absolute Gasteiger partial charge is 0.507 e. The summed E-state index contributed by atoms with van der Waals surface area (Å²) in [7, 11) is -3.43. The van der Waals surface area contributed by atoms with E-state index >= 15 is 0 Å². The second-order valence-electron chi connectivity index (χ2n) is 4.27. The summed E-state index contributed by atoms with van der Waals surface area (Å²) in [6.07, 6.45) is 0. The van der Waals surface area contributed by atoms with Crippen LogP contribution in [0.15, 0.2) is 58.3 Å². The summed E-state index contributed by atoms with van der Waals surface area (Å²) in [5, 5.41) is 18.4. The molecule has 0 unspecified atom stereocenters. The number of benzene rings is 2. The third-order valence-electron chi connectivity index (χ3n) is 2.80. The van der Waals surface area contributed by atoms with E-state index in [0.29, 0.717) is 16.2 Å². The van der Waals surface area contributed by atoms with Crippen molar-refractivity contribution in [3.63, 3.8) is 0 Å². The number of para-hydroxylation sites is 1. The molecule has 0 aliphatic rings. The molecule has 0 spiro atoms. The van der Waals surface area contributed by atoms with Gasteiger partial charge in [-0.15, -0.1) is 11.8 Å². The summed E-state index contributed by atoms with van der Waals surface area (Å²) in [6.45, 7) is 0. The van der Waals surface area contributed by atoms with E-state index in [1.54, 1.807) is 36.4 Å². The van der Waals surface area contributed by atoms with Gasteiger partial charge in [-0.25, -0.2) is 8.42 Å². The number of hydrogen-bond acceptors (Lipinski definition) is 5. The van der Waals surface area contributed by atoms with E-state index in [2.05, 4.69) is 0 Å². The van der Waals surface area contributed by atoms with E-state index in [0.717, 1.165) is 0 Å². The fourth-order valence-electron chi connectivity index (χ4n) is 1.72. The molecule has 2 aromatic carbocycles. The van der Waals surface area contributed by atoms with E-state index in [1.165, 1.54) is 23.9 Å². The van der Waals surface area contributed by atoms with Crippen LogP contribution < -0.4 is 0 Å². The molecule has 4 nitrogen and oxygen atoms in total. The SMILES string of the molecule is N#Cc1cccc(S(=O)(=O)CCSc2ccccc2O)c1. The molecule has 0 saturated heterocycles. The minimum Gasteiger partial charge on any atom is -0.507 e. The zero-order valence-corrected chi connectivity index (χ0v) is 12.7. The van der Waals surface area contributed by atoms with Gasteiger partial charge in [0, 0.05) is 10.6 Å². The first-order valence-corrected chi connectivity index (χ1v) is 8.80. The van der Waals surface area contributed by atoms with Crippen molar-refractivity contribution in [2.24, 2.45) is 0 Å². The van der Waals surface area contributed by atoms with Crippen LogP contribution in [0.1, 0.15) is 5.56 Å². The Balaban J connectivity index is 2.05. The molecule has 6 heteroatoms. The van der Waals surface area contributed by atoms with Crippen LogP contribution in [0.4, 0.5) is 0 Å². The van der Waals surface area contributed by atoms with Gasteiger partial charge >= 0.3 is 0 Å². The highest BCUT2D eigenvalue weighted by molar-refractivity contribution is 8.00. The fourth-order valence-corrected chi connectivity index (χ4v) is 4.37. The maximum Gasteiger partial charge on any atom is 0.179 e. The van der Waals surface area contributed by atoms with Crippen LogP contribution in [0.5, 0.6) is 5.75 Å². The van der Waals surface area contributed by atoms with Crippen molar-refractivity contribution in [3.05, 3.63) is 54.1 Å². The number of rotatable bonds is 5. The van der Waals surface area contributed by atoms with Crippen molar-refractivity contribution in [2.45, 2.75) is 9.79 Å². The first-order chi connectivity index (χ1) is 10.0. The molecule has 2 aromatic rings. The maximum atomic E-state index is 12.2. The van der Waals surface area contributed by atoms with Crippen molar-refractivity contribution in [3.8, 4) is 11.8 Å². The Hall–Kier alpha value is -1.97. The molecular weight excluding hydrogens is 306 g/mol. The van der Waals surface area contributed by atoms with Gasteiger partial charge in [0.25, 0.3) is 0 Å². The van der Waals surface area contributed by atoms with Gasteiger partial charge in [0.05, 0.1) is 22.3 Å². The highest BCUT2D eigenvalue weighted by Gasteiger charge is 2.15. The van der Waals surface area contributed by atoms with Gasteiger partial charge in [0.2, 0.25) is 0 Å². The molecule has 108 valence electrons. The first-order valence-electron chi connectivity index (χ1n) is 6.16. The quantitative estimate of drug-likeness (QED) is 0.857. The van der Waals surface area contributed by atoms with Crippen LogP contribution in [0.25, 0.3) is 0 Å². The lowest BCUT2D eigenvalue weighted by Crippen LogP contribution is -2.09. The van der Waals surface area contributed by atoms with Gasteiger partial charge in [-0.1, -0.05) is 18.2 Å². The predicted octanol–water partition coefficient (Wildman–Crippen LogP) is 2.83. The van der Waals surface area contributed by atoms with Crippen molar-refractivity contribution in [1.29, 1.82) is 5.26 Å². The summed E-state index contributed by atoms with van der Waals surface area (Å²) in [4.78, 5) is 0.804. The molecule has 1 N–H and O–H groups in total. The molecule has 0 bridgehead atoms. The van der Waals surface area contributed by atoms with Crippen LogP contribution >= 0.6 is 11.8 Å². The van der Waals surface area contributed by atoms with Crippen LogP contribution in [-0.2, 0) is 9.84 Å². The molecule has 21 heavy (non-hydrogen) atoms. The van der Waals surface area contributed by atoms with Crippen LogP contribution in [-0.4, -0.2) is 25.0 Å². The molecule has 0 fully saturated rings. The Morgan fingerprint density at radius 1 is 1.14 bits per heavy atom. The molecular formula is C15H13NO3S2. The Kier molecular flexibility index (Phi) is 4.89. The van der Waals surface area contributed by atoms with E-state index in [9.17, 15) is 13.5 Å². The molecule has 0 aliphatic heterocycles. The van der Waals surface area contributed by atoms with Crippen molar-refractivity contribution in [1.82, 2.24) is 0 Å². The van der Waals surface area contributed by atoms with Gasteiger partial charge in [0.15, 0.2) is 9.84 Å². The lowest BCUT2D eigenvalue weighted by atomic mass is 10.2. The van der Waals surface area contributed by atoms with Gasteiger partial charge in [-0.2, -0.15) is 5.26 Å². The van der Waals surface area contributed by atoms with Gasteiger partial charge in [-0.05, 0) is 30.3 Å². The monoisotopic (exact) mass is 319 g/mol. The molecule has 0 amide bonds. The lowest BCUT2D eigenvalue weighted by molar-refractivity contribution is 0.462. The summed E-state index contributed by atoms with van der Waals surface area (Å²) >= 11 is 1.28. The van der Waals surface area contributed by atoms with E-state index in [-0.39, 0.29) is 16.4 Å². The van der Waals surface area contributed by atoms with E-state index in [1.807, 2.05) is 6.07 Å². The number of aromatic hydroxyl groups is 1. The normalized spacial score (nSPS) is 11.0. The van der Waals surface area contributed by atoms with E-state index in [4.69, 9.17) is 5.26 Å². The number of nitriles is 1. The molecule has 0 saturated carbocycles. The number of sulfone groups is 1. The standard InChI is InChI=1S/C15H13NO3S2/c16-11-12-4-3-5-13(10-12)21(18,19)9-8-20-15-7-2-1-6-14(15)17/h1-7,10,17H,8-9H2. The Morgan fingerprint density at radius 3 is 2.62 bits per heavy atom. The van der Waals surface area contributed by atoms with Crippen LogP contribution in [0.2, 0.25) is 0 Å². The number of phenolic OH excluding ortho intramolecular Hbond substituents is 1. The first kappa shape index (κ1) is 15.4. The minimum absolute atomic E-state index is 0.0547. The fraction of sp³-hybridized carbons (Fsp3) is 0.133. The second kappa shape index (κ2) is 6.66. The second-order valence-corrected chi connectivity index (χ2v) is 7.52. The summed E-state index contributed by atoms with van der Waals surface area (Å²) in [5.41, 5.74) is 0.324. The molecule has 2 rings (SSSR count). The molecule has 0 aliphatic carbocycles. The summed E-state index contributed by atoms with van der Waals surface area (Å²) in [6, 6.07) is 14.7. The third-order valence-corrected chi connectivity index (χ3v) is 5.83. The smallest absolute Gasteiger partial charge is 0.179 e. The average Bonchev–Trinajstić information content (AvgIpc) is 2.49. The maximum absolute atomic E-state index is 12.2. The Bertz CT molecular complexity index is 780. The van der Waals surface area contributed by atoms with Crippen LogP contribution in [0.3, 0.4) is 0 Å². The Morgan fingerprint density at radius 2 is 1.90 bits per heavy atom. The molecule has 0 atom stereocenters. The minimum atomic E-state index is -3.43. The number of phenols is 1. The highest BCUT2D eigenvalue weighted by atomic mass is 32.2. The number of hydrogen-bond donors (Lipinski definition) is 1. The molecule has 0 aromatic heterocycles. The van der Waals surface area contributed by atoms with Gasteiger partial charge in [0.1, 0.15) is 5.75 Å². The van der Waals surface area contributed by atoms with Crippen molar-refractivity contribution >= 4 is 21.6 Å². The Labute approximate surface area is 128 Å². The van der Waals surface area contributed by atoms with Crippen molar-refractivity contribution in [2.75, 3.05) is 11.5 Å². The van der Waals surface area contributed by atoms with Gasteiger partial charge < -0.3 is 5.11 Å². The third kappa shape index (κ3) is 4.00. The van der Waals surface area contributed by atoms with E-state index < -0.39 is 9.84 Å². The van der Waals surface area contributed by atoms with Crippen molar-refractivity contribution < 1.29 is 13.5 Å². The highest BCUT2D eigenvalue weighted by Crippen LogP contribution is 2.28. The zero-order chi connectivity index (χ0) is 15.3.